The largest absolute Gasteiger partial charge is 0.457 e. The molecule has 3 aromatic heterocycles. The van der Waals surface area contributed by atoms with Crippen molar-refractivity contribution in [1.29, 1.82) is 0 Å². The Morgan fingerprint density at radius 3 is 1.77 bits per heavy atom. The van der Waals surface area contributed by atoms with E-state index in [0.29, 0.717) is 5.75 Å². The van der Waals surface area contributed by atoms with Crippen LogP contribution in [0.15, 0.2) is 146 Å². The van der Waals surface area contributed by atoms with Gasteiger partial charge in [-0.3, -0.25) is 4.57 Å². The minimum atomic E-state index is 0.695. The zero-order valence-corrected chi connectivity index (χ0v) is 32.9. The number of aryl methyl sites for hydroxylation is 2. The zero-order valence-electron chi connectivity index (χ0n) is 32.9. The summed E-state index contributed by atoms with van der Waals surface area (Å²) in [5, 5.41) is 7.44. The molecule has 0 unspecified atom stereocenters. The van der Waals surface area contributed by atoms with Crippen molar-refractivity contribution in [2.45, 2.75) is 41.5 Å². The van der Waals surface area contributed by atoms with E-state index in [9.17, 15) is 0 Å². The Morgan fingerprint density at radius 2 is 1.09 bits per heavy atom. The monoisotopic (exact) mass is 746 g/mol. The van der Waals surface area contributed by atoms with Crippen LogP contribution in [0.2, 0.25) is 0 Å². The smallest absolute Gasteiger partial charge is 0.142 e. The van der Waals surface area contributed by atoms with Crippen molar-refractivity contribution in [3.63, 3.8) is 0 Å². The fourth-order valence-corrected chi connectivity index (χ4v) is 7.77. The molecule has 7 nitrogen and oxygen atoms in total. The molecule has 0 N–H and O–H groups in total. The summed E-state index contributed by atoms with van der Waals surface area (Å²) in [5.41, 5.74) is 10.9. The Bertz CT molecular complexity index is 2880. The van der Waals surface area contributed by atoms with Crippen LogP contribution in [0.5, 0.6) is 34.5 Å². The van der Waals surface area contributed by atoms with Crippen molar-refractivity contribution in [3.8, 4) is 57.1 Å². The van der Waals surface area contributed by atoms with Crippen molar-refractivity contribution < 1.29 is 14.2 Å². The van der Waals surface area contributed by atoms with Gasteiger partial charge in [-0.05, 0) is 131 Å². The van der Waals surface area contributed by atoms with Gasteiger partial charge in [-0.25, -0.2) is 9.67 Å². The second-order valence-corrected chi connectivity index (χ2v) is 14.5. The molecule has 0 radical (unpaired) electrons. The molecule has 6 aromatic carbocycles. The molecule has 57 heavy (non-hydrogen) atoms. The lowest BCUT2D eigenvalue weighted by Crippen LogP contribution is -2.03. The van der Waals surface area contributed by atoms with Crippen molar-refractivity contribution in [2.24, 2.45) is 0 Å². The van der Waals surface area contributed by atoms with Crippen LogP contribution >= 0.6 is 0 Å². The minimum Gasteiger partial charge on any atom is -0.457 e. The van der Waals surface area contributed by atoms with Gasteiger partial charge in [-0.15, -0.1) is 0 Å². The van der Waals surface area contributed by atoms with E-state index in [2.05, 4.69) is 87.7 Å². The summed E-state index contributed by atoms with van der Waals surface area (Å²) in [6.45, 7) is 12.6. The fourth-order valence-electron chi connectivity index (χ4n) is 7.77. The van der Waals surface area contributed by atoms with Gasteiger partial charge in [0.2, 0.25) is 0 Å². The van der Waals surface area contributed by atoms with E-state index in [-0.39, 0.29) is 0 Å². The van der Waals surface area contributed by atoms with Crippen LogP contribution in [0, 0.1) is 41.5 Å². The molecular formula is C50H42N4O3. The number of benzene rings is 6. The maximum Gasteiger partial charge on any atom is 0.142 e. The predicted molar refractivity (Wildman–Crippen MR) is 229 cm³/mol. The number of fused-ring (bicyclic) bond motifs is 3. The Labute approximate surface area is 332 Å². The summed E-state index contributed by atoms with van der Waals surface area (Å²) >= 11 is 0. The molecule has 0 aliphatic carbocycles. The van der Waals surface area contributed by atoms with Gasteiger partial charge < -0.3 is 14.2 Å². The number of hydrogen-bond acceptors (Lipinski definition) is 5. The molecule has 0 fully saturated rings. The van der Waals surface area contributed by atoms with E-state index in [1.54, 1.807) is 0 Å². The van der Waals surface area contributed by atoms with Crippen LogP contribution in [0.3, 0.4) is 0 Å². The van der Waals surface area contributed by atoms with Crippen molar-refractivity contribution in [1.82, 2.24) is 19.3 Å². The molecule has 0 aliphatic rings. The molecule has 280 valence electrons. The van der Waals surface area contributed by atoms with E-state index < -0.39 is 0 Å². The van der Waals surface area contributed by atoms with Crippen LogP contribution in [-0.4, -0.2) is 19.3 Å². The van der Waals surface area contributed by atoms with E-state index in [1.165, 1.54) is 5.39 Å². The second-order valence-electron chi connectivity index (χ2n) is 14.5. The summed E-state index contributed by atoms with van der Waals surface area (Å²) in [7, 11) is 0. The van der Waals surface area contributed by atoms with Gasteiger partial charge in [0.1, 0.15) is 40.3 Å². The number of para-hydroxylation sites is 3. The van der Waals surface area contributed by atoms with Crippen LogP contribution in [0.25, 0.3) is 44.4 Å². The van der Waals surface area contributed by atoms with Gasteiger partial charge in [0.15, 0.2) is 0 Å². The van der Waals surface area contributed by atoms with Gasteiger partial charge in [0.25, 0.3) is 0 Å². The molecule has 7 heteroatoms. The predicted octanol–water partition coefficient (Wildman–Crippen LogP) is 13.3. The molecule has 0 atom stereocenters. The number of aromatic nitrogens is 4. The number of nitrogens with zero attached hydrogens (tertiary/aromatic N) is 4. The molecule has 3 heterocycles. The van der Waals surface area contributed by atoms with Gasteiger partial charge in [-0.1, -0.05) is 60.7 Å². The van der Waals surface area contributed by atoms with Crippen LogP contribution in [0.1, 0.15) is 33.6 Å². The lowest BCUT2D eigenvalue weighted by Gasteiger charge is -2.23. The van der Waals surface area contributed by atoms with Crippen molar-refractivity contribution >= 4 is 21.8 Å². The summed E-state index contributed by atoms with van der Waals surface area (Å²) in [6.07, 6.45) is 1.86. The Hall–Kier alpha value is -7.12. The quantitative estimate of drug-likeness (QED) is 0.147. The maximum absolute atomic E-state index is 6.77. The summed E-state index contributed by atoms with van der Waals surface area (Å²) < 4.78 is 24.3. The third-order valence-corrected chi connectivity index (χ3v) is 10.8. The fraction of sp³-hybridized carbons (Fsp3) is 0.120. The van der Waals surface area contributed by atoms with Crippen molar-refractivity contribution in [3.05, 3.63) is 179 Å². The van der Waals surface area contributed by atoms with E-state index in [4.69, 9.17) is 24.3 Å². The van der Waals surface area contributed by atoms with Gasteiger partial charge in [-0.2, -0.15) is 5.10 Å². The lowest BCUT2D eigenvalue weighted by molar-refractivity contribution is 0.457. The molecular weight excluding hydrogens is 705 g/mol. The van der Waals surface area contributed by atoms with Gasteiger partial charge in [0.05, 0.1) is 28.0 Å². The first-order chi connectivity index (χ1) is 27.7. The normalized spacial score (nSPS) is 11.3. The van der Waals surface area contributed by atoms with E-state index in [1.807, 2.05) is 109 Å². The van der Waals surface area contributed by atoms with Crippen LogP contribution in [0.4, 0.5) is 0 Å². The zero-order chi connectivity index (χ0) is 39.2. The average Bonchev–Trinajstić information content (AvgIpc) is 3.72. The first-order valence-electron chi connectivity index (χ1n) is 19.2. The highest BCUT2D eigenvalue weighted by atomic mass is 16.5. The van der Waals surface area contributed by atoms with Gasteiger partial charge in [0, 0.05) is 40.4 Å². The molecule has 0 spiro atoms. The molecule has 9 aromatic rings. The second kappa shape index (κ2) is 14.5. The number of hydrogen-bond donors (Lipinski definition) is 0. The Morgan fingerprint density at radius 1 is 0.474 bits per heavy atom. The molecule has 0 aliphatic heterocycles. The first-order valence-corrected chi connectivity index (χ1v) is 19.2. The van der Waals surface area contributed by atoms with Crippen LogP contribution in [-0.2, 0) is 0 Å². The minimum absolute atomic E-state index is 0.695. The highest BCUT2D eigenvalue weighted by Gasteiger charge is 2.28. The summed E-state index contributed by atoms with van der Waals surface area (Å²) in [4.78, 5) is 4.74. The van der Waals surface area contributed by atoms with E-state index >= 15 is 0 Å². The number of pyridine rings is 1. The SMILES string of the molecule is Cc1ccnc(-n2c3ccccc3c3ccc(Oc4cccc(-n5nc(C)c(-c6c(Oc7ccccc7)c(C)c(C)c(C)c6Oc6ccccc6)c5C)c4)cc32)c1. The molecule has 9 rings (SSSR count). The number of rotatable bonds is 9. The van der Waals surface area contributed by atoms with Gasteiger partial charge >= 0.3 is 0 Å². The standard InChI is InChI=1S/C50H42N4O3/c1-31-26-27-51-46(28-31)53-44-23-14-13-22-42(44)43-25-24-41(30-45(43)53)55-40-21-15-16-37(29-40)54-36(6)47(35(5)52-54)48-49(56-38-17-9-7-10-18-38)33(3)32(2)34(4)50(48)57-39-19-11-8-12-20-39/h7-30H,1-6H3. The maximum atomic E-state index is 6.77. The average molecular weight is 747 g/mol. The molecule has 0 saturated carbocycles. The highest BCUT2D eigenvalue weighted by Crippen LogP contribution is 2.50. The third kappa shape index (κ3) is 6.47. The lowest BCUT2D eigenvalue weighted by atomic mass is 9.92. The summed E-state index contributed by atoms with van der Waals surface area (Å²) in [5.74, 6) is 5.27. The summed E-state index contributed by atoms with van der Waals surface area (Å²) in [6, 6.07) is 46.7. The Balaban J connectivity index is 1.14. The highest BCUT2D eigenvalue weighted by molar-refractivity contribution is 6.09. The molecule has 0 bridgehead atoms. The topological polar surface area (TPSA) is 63.3 Å². The Kier molecular flexibility index (Phi) is 9.06. The third-order valence-electron chi connectivity index (χ3n) is 10.8. The number of ether oxygens (including phenoxy) is 3. The molecule has 0 amide bonds. The van der Waals surface area contributed by atoms with Crippen LogP contribution < -0.4 is 14.2 Å². The van der Waals surface area contributed by atoms with E-state index in [0.717, 1.165) is 101 Å². The molecule has 0 saturated heterocycles. The van der Waals surface area contributed by atoms with Crippen molar-refractivity contribution in [2.75, 3.05) is 0 Å². The first kappa shape index (κ1) is 35.6.